The molecule has 3 rings (SSSR count). The summed E-state index contributed by atoms with van der Waals surface area (Å²) < 4.78 is 16.3. The molecule has 2 aliphatic heterocycles. The van der Waals surface area contributed by atoms with E-state index in [1.165, 1.54) is 0 Å². The third-order valence-corrected chi connectivity index (χ3v) is 4.49. The summed E-state index contributed by atoms with van der Waals surface area (Å²) in [6.07, 6.45) is 3.46. The van der Waals surface area contributed by atoms with Crippen molar-refractivity contribution in [3.8, 4) is 0 Å². The Balaban J connectivity index is 1.47. The number of likely N-dealkylation sites (tertiary alicyclic amines) is 1. The topological polar surface area (TPSA) is 63.9 Å². The van der Waals surface area contributed by atoms with Crippen LogP contribution in [-0.4, -0.2) is 56.4 Å². The van der Waals surface area contributed by atoms with Crippen molar-refractivity contribution in [1.29, 1.82) is 0 Å². The van der Waals surface area contributed by atoms with Gasteiger partial charge in [0.25, 0.3) is 0 Å². The Bertz CT molecular complexity index is 477. The van der Waals surface area contributed by atoms with Crippen LogP contribution in [0.4, 0.5) is 0 Å². The highest BCUT2D eigenvalue weighted by atomic mass is 16.5. The van der Waals surface area contributed by atoms with E-state index in [0.717, 1.165) is 38.2 Å². The normalized spacial score (nSPS) is 28.5. The number of fused-ring (bicyclic) bond motifs is 1. The van der Waals surface area contributed by atoms with E-state index in [1.807, 2.05) is 12.1 Å². The maximum absolute atomic E-state index is 12.1. The molecule has 3 heterocycles. The monoisotopic (exact) mass is 308 g/mol. The first-order chi connectivity index (χ1) is 10.8. The fourth-order valence-corrected chi connectivity index (χ4v) is 3.32. The number of nitrogens with one attached hydrogen (secondary N) is 1. The van der Waals surface area contributed by atoms with Crippen LogP contribution in [0.3, 0.4) is 0 Å². The Hall–Kier alpha value is -1.37. The molecule has 0 bridgehead atoms. The van der Waals surface area contributed by atoms with Crippen LogP contribution in [0.2, 0.25) is 0 Å². The van der Waals surface area contributed by atoms with Gasteiger partial charge in [-0.05, 0) is 37.4 Å². The van der Waals surface area contributed by atoms with Gasteiger partial charge in [0.15, 0.2) is 0 Å². The first kappa shape index (κ1) is 15.5. The lowest BCUT2D eigenvalue weighted by Gasteiger charge is -2.33. The zero-order valence-corrected chi connectivity index (χ0v) is 13.0. The third kappa shape index (κ3) is 3.69. The van der Waals surface area contributed by atoms with Gasteiger partial charge in [-0.2, -0.15) is 0 Å². The lowest BCUT2D eigenvalue weighted by Crippen LogP contribution is -2.42. The van der Waals surface area contributed by atoms with E-state index in [4.69, 9.17) is 13.9 Å². The number of rotatable bonds is 6. The van der Waals surface area contributed by atoms with Crippen LogP contribution in [0, 0.1) is 5.92 Å². The fraction of sp³-hybridized carbons (Fsp3) is 0.688. The van der Waals surface area contributed by atoms with Gasteiger partial charge in [-0.15, -0.1) is 0 Å². The average Bonchev–Trinajstić information content (AvgIpc) is 3.16. The van der Waals surface area contributed by atoms with Crippen LogP contribution in [0.1, 0.15) is 18.6 Å². The maximum atomic E-state index is 12.1. The molecule has 3 atom stereocenters. The minimum Gasteiger partial charge on any atom is -0.468 e. The van der Waals surface area contributed by atoms with Gasteiger partial charge < -0.3 is 19.2 Å². The van der Waals surface area contributed by atoms with Crippen molar-refractivity contribution < 1.29 is 18.7 Å². The SMILES string of the molecule is COCCNC(=O)[C@H]1C[C@@H]2CCN(Cc3ccco3)C[C@H]2O1. The molecule has 0 aliphatic carbocycles. The molecule has 0 unspecified atom stereocenters. The zero-order chi connectivity index (χ0) is 15.4. The number of carbonyl (C=O) groups is 1. The molecule has 6 nitrogen and oxygen atoms in total. The standard InChI is InChI=1S/C16H24N2O4/c1-20-8-5-17-16(19)14-9-12-4-6-18(11-15(12)22-14)10-13-3-2-7-21-13/h2-3,7,12,14-15H,4-6,8-11H2,1H3,(H,17,19)/t12-,14+,15+/m0/s1. The van der Waals surface area contributed by atoms with E-state index in [2.05, 4.69) is 10.2 Å². The highest BCUT2D eigenvalue weighted by Gasteiger charge is 2.41. The molecule has 0 radical (unpaired) electrons. The molecule has 1 N–H and O–H groups in total. The summed E-state index contributed by atoms with van der Waals surface area (Å²) in [7, 11) is 1.63. The third-order valence-electron chi connectivity index (χ3n) is 4.49. The Morgan fingerprint density at radius 2 is 2.45 bits per heavy atom. The molecule has 1 aromatic rings. The Morgan fingerprint density at radius 3 is 3.23 bits per heavy atom. The van der Waals surface area contributed by atoms with Gasteiger partial charge in [-0.25, -0.2) is 0 Å². The second kappa shape index (κ2) is 7.26. The van der Waals surface area contributed by atoms with Gasteiger partial charge in [0, 0.05) is 20.2 Å². The van der Waals surface area contributed by atoms with Gasteiger partial charge in [-0.1, -0.05) is 0 Å². The number of hydrogen-bond donors (Lipinski definition) is 1. The van der Waals surface area contributed by atoms with Crippen LogP contribution < -0.4 is 5.32 Å². The highest BCUT2D eigenvalue weighted by molar-refractivity contribution is 5.81. The van der Waals surface area contributed by atoms with E-state index in [0.29, 0.717) is 19.1 Å². The number of furan rings is 1. The molecule has 0 spiro atoms. The average molecular weight is 308 g/mol. The fourth-order valence-electron chi connectivity index (χ4n) is 3.32. The number of hydrogen-bond acceptors (Lipinski definition) is 5. The molecular weight excluding hydrogens is 284 g/mol. The molecule has 22 heavy (non-hydrogen) atoms. The summed E-state index contributed by atoms with van der Waals surface area (Å²) >= 11 is 0. The van der Waals surface area contributed by atoms with Crippen molar-refractivity contribution >= 4 is 5.91 Å². The second-order valence-electron chi connectivity index (χ2n) is 6.05. The largest absolute Gasteiger partial charge is 0.468 e. The molecule has 1 amide bonds. The minimum absolute atomic E-state index is 0.0102. The van der Waals surface area contributed by atoms with E-state index >= 15 is 0 Å². The van der Waals surface area contributed by atoms with Crippen LogP contribution in [0.25, 0.3) is 0 Å². The lowest BCUT2D eigenvalue weighted by molar-refractivity contribution is -0.133. The molecule has 2 fully saturated rings. The Labute approximate surface area is 130 Å². The van der Waals surface area contributed by atoms with Crippen LogP contribution in [-0.2, 0) is 20.8 Å². The molecule has 2 saturated heterocycles. The van der Waals surface area contributed by atoms with Crippen LogP contribution in [0.5, 0.6) is 0 Å². The van der Waals surface area contributed by atoms with Crippen molar-refractivity contribution in [2.45, 2.75) is 31.6 Å². The van der Waals surface area contributed by atoms with Crippen molar-refractivity contribution in [2.75, 3.05) is 33.4 Å². The summed E-state index contributed by atoms with van der Waals surface area (Å²) in [4.78, 5) is 14.4. The number of methoxy groups -OCH3 is 1. The van der Waals surface area contributed by atoms with E-state index < -0.39 is 0 Å². The van der Waals surface area contributed by atoms with Gasteiger partial charge in [0.1, 0.15) is 11.9 Å². The Morgan fingerprint density at radius 1 is 1.55 bits per heavy atom. The molecule has 2 aliphatic rings. The van der Waals surface area contributed by atoms with Gasteiger partial charge in [0.05, 0.1) is 25.5 Å². The van der Waals surface area contributed by atoms with E-state index in [9.17, 15) is 4.79 Å². The quantitative estimate of drug-likeness (QED) is 0.795. The summed E-state index contributed by atoms with van der Waals surface area (Å²) in [6, 6.07) is 3.90. The van der Waals surface area contributed by atoms with Crippen LogP contribution >= 0.6 is 0 Å². The summed E-state index contributed by atoms with van der Waals surface area (Å²) in [5.74, 6) is 1.46. The summed E-state index contributed by atoms with van der Waals surface area (Å²) in [6.45, 7) is 3.78. The summed E-state index contributed by atoms with van der Waals surface area (Å²) in [5, 5.41) is 2.87. The van der Waals surface area contributed by atoms with Crippen LogP contribution in [0.15, 0.2) is 22.8 Å². The molecule has 0 aromatic carbocycles. The van der Waals surface area contributed by atoms with Crippen molar-refractivity contribution in [2.24, 2.45) is 5.92 Å². The highest BCUT2D eigenvalue weighted by Crippen LogP contribution is 2.33. The molecule has 0 saturated carbocycles. The van der Waals surface area contributed by atoms with Crippen molar-refractivity contribution in [3.05, 3.63) is 24.2 Å². The van der Waals surface area contributed by atoms with Gasteiger partial charge in [-0.3, -0.25) is 9.69 Å². The van der Waals surface area contributed by atoms with E-state index in [1.54, 1.807) is 13.4 Å². The number of amides is 1. The minimum atomic E-state index is -0.310. The number of nitrogens with zero attached hydrogens (tertiary/aromatic N) is 1. The first-order valence-corrected chi connectivity index (χ1v) is 7.93. The summed E-state index contributed by atoms with van der Waals surface area (Å²) in [5.41, 5.74) is 0. The predicted octanol–water partition coefficient (Wildman–Crippen LogP) is 1.02. The molecule has 6 heteroatoms. The lowest BCUT2D eigenvalue weighted by atomic mass is 9.91. The van der Waals surface area contributed by atoms with Gasteiger partial charge in [0.2, 0.25) is 5.91 Å². The van der Waals surface area contributed by atoms with Crippen molar-refractivity contribution in [3.63, 3.8) is 0 Å². The van der Waals surface area contributed by atoms with E-state index in [-0.39, 0.29) is 18.1 Å². The number of carbonyl (C=O) groups excluding carboxylic acids is 1. The smallest absolute Gasteiger partial charge is 0.249 e. The molecule has 1 aromatic heterocycles. The molecule has 122 valence electrons. The zero-order valence-electron chi connectivity index (χ0n) is 13.0. The number of piperidine rings is 1. The van der Waals surface area contributed by atoms with Gasteiger partial charge >= 0.3 is 0 Å². The predicted molar refractivity (Wildman–Crippen MR) is 80.3 cm³/mol. The Kier molecular flexibility index (Phi) is 5.12. The second-order valence-corrected chi connectivity index (χ2v) is 6.05. The number of ether oxygens (including phenoxy) is 2. The maximum Gasteiger partial charge on any atom is 0.249 e. The molecular formula is C16H24N2O4. The van der Waals surface area contributed by atoms with Crippen molar-refractivity contribution in [1.82, 2.24) is 10.2 Å². The first-order valence-electron chi connectivity index (χ1n) is 7.93.